The van der Waals surface area contributed by atoms with Gasteiger partial charge in [-0.05, 0) is 39.4 Å². The maximum Gasteiger partial charge on any atom is 0.255 e. The molecule has 0 fully saturated rings. The number of para-hydroxylation sites is 1. The van der Waals surface area contributed by atoms with Crippen molar-refractivity contribution in [2.24, 2.45) is 0 Å². The Morgan fingerprint density at radius 1 is 1.27 bits per heavy atom. The molecule has 0 aliphatic heterocycles. The number of benzene rings is 1. The minimum Gasteiger partial charge on any atom is -0.350 e. The molecule has 1 atom stereocenters. The summed E-state index contributed by atoms with van der Waals surface area (Å²) in [5.74, 6) is -0.0677. The molecule has 0 aliphatic rings. The molecule has 0 radical (unpaired) electrons. The van der Waals surface area contributed by atoms with Crippen LogP contribution in [0.2, 0.25) is 0 Å². The predicted molar refractivity (Wildman–Crippen MR) is 88.5 cm³/mol. The summed E-state index contributed by atoms with van der Waals surface area (Å²) in [5, 5.41) is 10.8. The van der Waals surface area contributed by atoms with Gasteiger partial charge in [0.2, 0.25) is 0 Å². The lowest BCUT2D eigenvalue weighted by molar-refractivity contribution is 0.0949. The number of nitrogens with one attached hydrogen (secondary N) is 2. The van der Waals surface area contributed by atoms with Crippen molar-refractivity contribution < 1.29 is 4.79 Å². The topological polar surface area (TPSA) is 58.9 Å². The first-order valence-electron chi connectivity index (χ1n) is 7.67. The maximum atomic E-state index is 12.4. The number of carbonyl (C=O) groups excluding carboxylic acids is 1. The highest BCUT2D eigenvalue weighted by Gasteiger charge is 2.19. The van der Waals surface area contributed by atoms with Crippen LogP contribution in [0.4, 0.5) is 0 Å². The van der Waals surface area contributed by atoms with Gasteiger partial charge in [0.15, 0.2) is 0 Å². The number of aryl methyl sites for hydroxylation is 1. The Kier molecular flexibility index (Phi) is 5.33. The third-order valence-corrected chi connectivity index (χ3v) is 3.64. The minimum atomic E-state index is -0.0677. The lowest BCUT2D eigenvalue weighted by Gasteiger charge is -2.13. The number of carbonyl (C=O) groups is 1. The Balaban J connectivity index is 2.18. The molecule has 1 aromatic heterocycles. The van der Waals surface area contributed by atoms with Crippen LogP contribution >= 0.6 is 0 Å². The second-order valence-electron chi connectivity index (χ2n) is 5.46. The van der Waals surface area contributed by atoms with Gasteiger partial charge in [-0.3, -0.25) is 4.79 Å². The number of likely N-dealkylation sites (N-methyl/N-ethyl adjacent to an activating group) is 1. The van der Waals surface area contributed by atoms with E-state index < -0.39 is 0 Å². The Labute approximate surface area is 131 Å². The van der Waals surface area contributed by atoms with E-state index in [0.717, 1.165) is 23.6 Å². The molecule has 0 unspecified atom stereocenters. The van der Waals surface area contributed by atoms with Crippen molar-refractivity contribution in [1.82, 2.24) is 20.4 Å². The molecule has 0 bridgehead atoms. The van der Waals surface area contributed by atoms with Crippen LogP contribution in [0.25, 0.3) is 5.69 Å². The largest absolute Gasteiger partial charge is 0.350 e. The number of hydrogen-bond donors (Lipinski definition) is 2. The molecule has 2 rings (SSSR count). The summed E-state index contributed by atoms with van der Waals surface area (Å²) in [6, 6.07) is 10.1. The summed E-state index contributed by atoms with van der Waals surface area (Å²) in [7, 11) is 0. The summed E-state index contributed by atoms with van der Waals surface area (Å²) in [6.07, 6.45) is 0. The van der Waals surface area contributed by atoms with E-state index in [1.807, 2.05) is 48.9 Å². The molecule has 1 heterocycles. The van der Waals surface area contributed by atoms with Crippen LogP contribution in [0.3, 0.4) is 0 Å². The quantitative estimate of drug-likeness (QED) is 0.860. The van der Waals surface area contributed by atoms with E-state index in [0.29, 0.717) is 12.1 Å². The van der Waals surface area contributed by atoms with Crippen LogP contribution in [0, 0.1) is 13.8 Å². The zero-order chi connectivity index (χ0) is 16.1. The van der Waals surface area contributed by atoms with E-state index in [-0.39, 0.29) is 11.9 Å². The van der Waals surface area contributed by atoms with Crippen LogP contribution in [0.5, 0.6) is 0 Å². The number of amides is 1. The first kappa shape index (κ1) is 16.2. The molecule has 0 spiro atoms. The number of rotatable bonds is 6. The fourth-order valence-electron chi connectivity index (χ4n) is 2.55. The van der Waals surface area contributed by atoms with Crippen LogP contribution in [0.15, 0.2) is 30.3 Å². The van der Waals surface area contributed by atoms with Crippen molar-refractivity contribution in [2.45, 2.75) is 33.7 Å². The summed E-state index contributed by atoms with van der Waals surface area (Å²) >= 11 is 0. The molecule has 2 N–H and O–H groups in total. The third-order valence-electron chi connectivity index (χ3n) is 3.64. The summed E-state index contributed by atoms with van der Waals surface area (Å²) in [6.45, 7) is 9.39. The minimum absolute atomic E-state index is 0.0677. The summed E-state index contributed by atoms with van der Waals surface area (Å²) < 4.78 is 1.82. The van der Waals surface area contributed by atoms with E-state index in [2.05, 4.69) is 29.6 Å². The van der Waals surface area contributed by atoms with Crippen molar-refractivity contribution in [3.8, 4) is 5.69 Å². The zero-order valence-corrected chi connectivity index (χ0v) is 13.7. The second kappa shape index (κ2) is 7.22. The van der Waals surface area contributed by atoms with Gasteiger partial charge in [0, 0.05) is 12.6 Å². The average molecular weight is 300 g/mol. The first-order valence-corrected chi connectivity index (χ1v) is 7.67. The van der Waals surface area contributed by atoms with Gasteiger partial charge in [-0.2, -0.15) is 5.10 Å². The van der Waals surface area contributed by atoms with Gasteiger partial charge in [0.05, 0.1) is 22.6 Å². The van der Waals surface area contributed by atoms with Crippen LogP contribution in [0.1, 0.15) is 35.6 Å². The predicted octanol–water partition coefficient (Wildman–Crippen LogP) is 2.22. The zero-order valence-electron chi connectivity index (χ0n) is 13.7. The number of nitrogens with zero attached hydrogens (tertiary/aromatic N) is 2. The highest BCUT2D eigenvalue weighted by molar-refractivity contribution is 5.96. The molecule has 0 saturated carbocycles. The lowest BCUT2D eigenvalue weighted by atomic mass is 10.1. The standard InChI is InChI=1S/C17H24N4O/c1-5-18-12(2)11-19-17(22)16-13(3)20-21(14(16)4)15-9-7-6-8-10-15/h6-10,12,18H,5,11H2,1-4H3,(H,19,22)/t12-/m1/s1. The highest BCUT2D eigenvalue weighted by Crippen LogP contribution is 2.17. The molecule has 1 aromatic carbocycles. The van der Waals surface area contributed by atoms with Crippen molar-refractivity contribution in [3.63, 3.8) is 0 Å². The van der Waals surface area contributed by atoms with Crippen LogP contribution < -0.4 is 10.6 Å². The Morgan fingerprint density at radius 2 is 1.95 bits per heavy atom. The van der Waals surface area contributed by atoms with Gasteiger partial charge < -0.3 is 10.6 Å². The second-order valence-corrected chi connectivity index (χ2v) is 5.46. The monoisotopic (exact) mass is 300 g/mol. The van der Waals surface area contributed by atoms with E-state index in [1.54, 1.807) is 0 Å². The van der Waals surface area contributed by atoms with Crippen molar-refractivity contribution in [2.75, 3.05) is 13.1 Å². The van der Waals surface area contributed by atoms with Crippen LogP contribution in [-0.4, -0.2) is 34.8 Å². The van der Waals surface area contributed by atoms with Crippen molar-refractivity contribution in [1.29, 1.82) is 0 Å². The SMILES string of the molecule is CCN[C@H](C)CNC(=O)c1c(C)nn(-c2ccccc2)c1C. The fourth-order valence-corrected chi connectivity index (χ4v) is 2.55. The van der Waals surface area contributed by atoms with E-state index in [1.165, 1.54) is 0 Å². The molecular weight excluding hydrogens is 276 g/mol. The molecule has 5 heteroatoms. The number of hydrogen-bond acceptors (Lipinski definition) is 3. The first-order chi connectivity index (χ1) is 10.5. The number of aromatic nitrogens is 2. The Hall–Kier alpha value is -2.14. The highest BCUT2D eigenvalue weighted by atomic mass is 16.1. The van der Waals surface area contributed by atoms with Gasteiger partial charge in [-0.15, -0.1) is 0 Å². The smallest absolute Gasteiger partial charge is 0.255 e. The molecule has 1 amide bonds. The molecule has 2 aromatic rings. The molecular formula is C17H24N4O. The fraction of sp³-hybridized carbons (Fsp3) is 0.412. The van der Waals surface area contributed by atoms with Gasteiger partial charge in [-0.25, -0.2) is 4.68 Å². The maximum absolute atomic E-state index is 12.4. The Morgan fingerprint density at radius 3 is 2.59 bits per heavy atom. The Bertz CT molecular complexity index is 634. The molecule has 22 heavy (non-hydrogen) atoms. The lowest BCUT2D eigenvalue weighted by Crippen LogP contribution is -2.39. The molecule has 0 saturated heterocycles. The molecule has 118 valence electrons. The van der Waals surface area contributed by atoms with Gasteiger partial charge in [0.25, 0.3) is 5.91 Å². The van der Waals surface area contributed by atoms with E-state index in [4.69, 9.17) is 0 Å². The summed E-state index contributed by atoms with van der Waals surface area (Å²) in [4.78, 5) is 12.4. The van der Waals surface area contributed by atoms with Crippen molar-refractivity contribution in [3.05, 3.63) is 47.3 Å². The van der Waals surface area contributed by atoms with E-state index in [9.17, 15) is 4.79 Å². The molecule has 0 aliphatic carbocycles. The van der Waals surface area contributed by atoms with Gasteiger partial charge >= 0.3 is 0 Å². The summed E-state index contributed by atoms with van der Waals surface area (Å²) in [5.41, 5.74) is 3.22. The van der Waals surface area contributed by atoms with Crippen molar-refractivity contribution >= 4 is 5.91 Å². The average Bonchev–Trinajstić information content (AvgIpc) is 2.81. The third kappa shape index (κ3) is 3.54. The normalized spacial score (nSPS) is 12.2. The van der Waals surface area contributed by atoms with Gasteiger partial charge in [0.1, 0.15) is 0 Å². The van der Waals surface area contributed by atoms with E-state index >= 15 is 0 Å². The molecule has 5 nitrogen and oxygen atoms in total. The van der Waals surface area contributed by atoms with Crippen LogP contribution in [-0.2, 0) is 0 Å². The van der Waals surface area contributed by atoms with Gasteiger partial charge in [-0.1, -0.05) is 25.1 Å².